The van der Waals surface area contributed by atoms with Gasteiger partial charge in [-0.3, -0.25) is 4.79 Å². The summed E-state index contributed by atoms with van der Waals surface area (Å²) in [6.07, 6.45) is 2.01. The second kappa shape index (κ2) is 9.77. The number of nitrogens with one attached hydrogen (secondary N) is 2. The Morgan fingerprint density at radius 3 is 2.62 bits per heavy atom. The van der Waals surface area contributed by atoms with E-state index in [0.29, 0.717) is 6.54 Å². The van der Waals surface area contributed by atoms with Crippen LogP contribution in [0.25, 0.3) is 0 Å². The third kappa shape index (κ3) is 5.89. The molecule has 0 aromatic heterocycles. The molecule has 3 nitrogen and oxygen atoms in total. The Balaban J connectivity index is 1.68. The Labute approximate surface area is 153 Å². The average Bonchev–Trinajstić information content (AvgIpc) is 2.58. The molecule has 0 saturated carbocycles. The number of benzene rings is 2. The molecule has 0 atom stereocenters. The topological polar surface area (TPSA) is 41.1 Å². The van der Waals surface area contributed by atoms with Crippen LogP contribution in [0.3, 0.4) is 0 Å². The van der Waals surface area contributed by atoms with Gasteiger partial charge in [0.05, 0.1) is 12.2 Å². The number of anilines is 1. The minimum Gasteiger partial charge on any atom is -0.324 e. The van der Waals surface area contributed by atoms with E-state index in [1.807, 2.05) is 42.3 Å². The SMILES string of the molecule is CSc1ccccc1NC(=O)CNCCSc1ccc(C)c(C)c1. The van der Waals surface area contributed by atoms with Gasteiger partial charge in [-0.2, -0.15) is 0 Å². The van der Waals surface area contributed by atoms with Crippen molar-refractivity contribution in [2.24, 2.45) is 0 Å². The van der Waals surface area contributed by atoms with Crippen LogP contribution in [0.15, 0.2) is 52.3 Å². The first-order valence-electron chi connectivity index (χ1n) is 7.94. The van der Waals surface area contributed by atoms with Gasteiger partial charge in [0.1, 0.15) is 0 Å². The highest BCUT2D eigenvalue weighted by molar-refractivity contribution is 7.99. The van der Waals surface area contributed by atoms with Crippen LogP contribution in [0.5, 0.6) is 0 Å². The molecular formula is C19H24N2OS2. The molecular weight excluding hydrogens is 336 g/mol. The van der Waals surface area contributed by atoms with Crippen molar-refractivity contribution in [2.75, 3.05) is 30.4 Å². The Hall–Kier alpha value is -1.43. The van der Waals surface area contributed by atoms with Crippen LogP contribution in [-0.4, -0.2) is 31.0 Å². The molecule has 0 spiro atoms. The molecule has 0 unspecified atom stereocenters. The molecule has 0 aliphatic heterocycles. The molecule has 2 N–H and O–H groups in total. The predicted octanol–water partition coefficient (Wildman–Crippen LogP) is 4.35. The Kier molecular flexibility index (Phi) is 7.69. The van der Waals surface area contributed by atoms with Crippen LogP contribution in [0.4, 0.5) is 5.69 Å². The lowest BCUT2D eigenvalue weighted by Crippen LogP contribution is -2.29. The first-order valence-corrected chi connectivity index (χ1v) is 10.1. The van der Waals surface area contributed by atoms with Crippen LogP contribution in [-0.2, 0) is 4.79 Å². The van der Waals surface area contributed by atoms with Gasteiger partial charge in [-0.1, -0.05) is 18.2 Å². The lowest BCUT2D eigenvalue weighted by molar-refractivity contribution is -0.115. The third-order valence-electron chi connectivity index (χ3n) is 3.69. The molecule has 0 heterocycles. The zero-order chi connectivity index (χ0) is 17.4. The van der Waals surface area contributed by atoms with Crippen molar-refractivity contribution < 1.29 is 4.79 Å². The van der Waals surface area contributed by atoms with Gasteiger partial charge < -0.3 is 10.6 Å². The van der Waals surface area contributed by atoms with E-state index in [0.717, 1.165) is 22.9 Å². The van der Waals surface area contributed by atoms with Gasteiger partial charge in [0.25, 0.3) is 0 Å². The van der Waals surface area contributed by atoms with Gasteiger partial charge in [0.2, 0.25) is 5.91 Å². The van der Waals surface area contributed by atoms with E-state index in [1.54, 1.807) is 11.8 Å². The normalized spacial score (nSPS) is 10.6. The van der Waals surface area contributed by atoms with E-state index in [1.165, 1.54) is 16.0 Å². The summed E-state index contributed by atoms with van der Waals surface area (Å²) in [5.41, 5.74) is 3.51. The predicted molar refractivity (Wildman–Crippen MR) is 106 cm³/mol. The van der Waals surface area contributed by atoms with Gasteiger partial charge in [-0.05, 0) is 55.5 Å². The molecule has 0 aliphatic carbocycles. The van der Waals surface area contributed by atoms with Crippen molar-refractivity contribution in [3.63, 3.8) is 0 Å². The van der Waals surface area contributed by atoms with E-state index in [9.17, 15) is 4.79 Å². The molecule has 0 aliphatic rings. The molecule has 0 fully saturated rings. The second-order valence-electron chi connectivity index (χ2n) is 5.52. The van der Waals surface area contributed by atoms with E-state index in [4.69, 9.17) is 0 Å². The zero-order valence-corrected chi connectivity index (χ0v) is 16.0. The highest BCUT2D eigenvalue weighted by atomic mass is 32.2. The number of hydrogen-bond acceptors (Lipinski definition) is 4. The Morgan fingerprint density at radius 1 is 1.08 bits per heavy atom. The standard InChI is InChI=1S/C19H24N2OS2/c1-14-8-9-16(12-15(14)2)24-11-10-20-13-19(22)21-17-6-4-5-7-18(17)23-3/h4-9,12,20H,10-11,13H2,1-3H3,(H,21,22). The van der Waals surface area contributed by atoms with Crippen LogP contribution in [0.1, 0.15) is 11.1 Å². The molecule has 5 heteroatoms. The van der Waals surface area contributed by atoms with Gasteiger partial charge in [0, 0.05) is 22.1 Å². The van der Waals surface area contributed by atoms with Crippen LogP contribution < -0.4 is 10.6 Å². The number of rotatable bonds is 8. The maximum atomic E-state index is 12.0. The number of carbonyl (C=O) groups excluding carboxylic acids is 1. The first kappa shape index (κ1) is 18.9. The van der Waals surface area contributed by atoms with Crippen molar-refractivity contribution in [3.05, 3.63) is 53.6 Å². The van der Waals surface area contributed by atoms with E-state index in [2.05, 4.69) is 42.7 Å². The zero-order valence-electron chi connectivity index (χ0n) is 14.4. The summed E-state index contributed by atoms with van der Waals surface area (Å²) >= 11 is 3.44. The molecule has 24 heavy (non-hydrogen) atoms. The summed E-state index contributed by atoms with van der Waals surface area (Å²) in [6.45, 7) is 5.39. The smallest absolute Gasteiger partial charge is 0.238 e. The van der Waals surface area contributed by atoms with Crippen LogP contribution in [0.2, 0.25) is 0 Å². The number of aryl methyl sites for hydroxylation is 2. The quantitative estimate of drug-likeness (QED) is 0.542. The lowest BCUT2D eigenvalue weighted by atomic mass is 10.1. The second-order valence-corrected chi connectivity index (χ2v) is 7.54. The minimum atomic E-state index is -0.00678. The number of hydrogen-bond donors (Lipinski definition) is 2. The van der Waals surface area contributed by atoms with Crippen molar-refractivity contribution in [1.29, 1.82) is 0 Å². The fraction of sp³-hybridized carbons (Fsp3) is 0.316. The molecule has 2 rings (SSSR count). The summed E-state index contributed by atoms with van der Waals surface area (Å²) in [6, 6.07) is 14.4. The maximum absolute atomic E-state index is 12.0. The van der Waals surface area contributed by atoms with Crippen molar-refractivity contribution in [1.82, 2.24) is 5.32 Å². The van der Waals surface area contributed by atoms with Gasteiger partial charge in [-0.15, -0.1) is 23.5 Å². The maximum Gasteiger partial charge on any atom is 0.238 e. The van der Waals surface area contributed by atoms with E-state index in [-0.39, 0.29) is 5.91 Å². The first-order chi connectivity index (χ1) is 11.6. The number of para-hydroxylation sites is 1. The monoisotopic (exact) mass is 360 g/mol. The van der Waals surface area contributed by atoms with Crippen molar-refractivity contribution in [3.8, 4) is 0 Å². The summed E-state index contributed by atoms with van der Waals surface area (Å²) in [7, 11) is 0. The molecule has 1 amide bonds. The third-order valence-corrected chi connectivity index (χ3v) is 5.48. The van der Waals surface area contributed by atoms with Gasteiger partial charge >= 0.3 is 0 Å². The largest absolute Gasteiger partial charge is 0.324 e. The molecule has 128 valence electrons. The highest BCUT2D eigenvalue weighted by Gasteiger charge is 2.05. The van der Waals surface area contributed by atoms with Crippen LogP contribution >= 0.6 is 23.5 Å². The molecule has 0 saturated heterocycles. The average molecular weight is 361 g/mol. The van der Waals surface area contributed by atoms with Crippen molar-refractivity contribution in [2.45, 2.75) is 23.6 Å². The number of amides is 1. The summed E-state index contributed by atoms with van der Waals surface area (Å²) < 4.78 is 0. The van der Waals surface area contributed by atoms with Gasteiger partial charge in [-0.25, -0.2) is 0 Å². The minimum absolute atomic E-state index is 0.00678. The number of thioether (sulfide) groups is 2. The molecule has 0 bridgehead atoms. The fourth-order valence-electron chi connectivity index (χ4n) is 2.19. The van der Waals surface area contributed by atoms with Crippen molar-refractivity contribution >= 4 is 35.1 Å². The summed E-state index contributed by atoms with van der Waals surface area (Å²) in [5, 5.41) is 6.15. The Bertz CT molecular complexity index is 689. The van der Waals surface area contributed by atoms with E-state index >= 15 is 0 Å². The molecule has 2 aromatic rings. The summed E-state index contributed by atoms with van der Waals surface area (Å²) in [4.78, 5) is 14.4. The van der Waals surface area contributed by atoms with E-state index < -0.39 is 0 Å². The fourth-order valence-corrected chi connectivity index (χ4v) is 3.65. The Morgan fingerprint density at radius 2 is 1.88 bits per heavy atom. The lowest BCUT2D eigenvalue weighted by Gasteiger charge is -2.10. The molecule has 2 aromatic carbocycles. The van der Waals surface area contributed by atoms with Gasteiger partial charge in [0.15, 0.2) is 0 Å². The summed E-state index contributed by atoms with van der Waals surface area (Å²) in [5.74, 6) is 0.935. The highest BCUT2D eigenvalue weighted by Crippen LogP contribution is 2.24. The number of carbonyl (C=O) groups is 1. The van der Waals surface area contributed by atoms with Crippen LogP contribution in [0, 0.1) is 13.8 Å². The molecule has 0 radical (unpaired) electrons.